The van der Waals surface area contributed by atoms with Gasteiger partial charge in [0.15, 0.2) is 11.6 Å². The lowest BCUT2D eigenvalue weighted by Crippen LogP contribution is -2.36. The van der Waals surface area contributed by atoms with Crippen molar-refractivity contribution in [2.24, 2.45) is 29.1 Å². The van der Waals surface area contributed by atoms with Gasteiger partial charge in [0, 0.05) is 0 Å². The number of fused-ring (bicyclic) bond motifs is 1. The summed E-state index contributed by atoms with van der Waals surface area (Å²) in [6.45, 7) is 14.1. The Hall–Kier alpha value is -4.95. The number of carboxylic acids is 1. The first-order valence-electron chi connectivity index (χ1n) is 20.5. The minimum Gasteiger partial charge on any atom is -0.507 e. The molecule has 0 unspecified atom stereocenters. The highest BCUT2D eigenvalue weighted by Gasteiger charge is 2.50. The molecule has 8 heteroatoms. The summed E-state index contributed by atoms with van der Waals surface area (Å²) in [6, 6.07) is 19.5. The SMILES string of the molecule is C=C1CC[C@H](O)C/C1=C/C=C1\CCC[C@]2(C)[C@@H]([C@H](C)CCCC(C)C)CC[C@@H]12.O=C(O)c1ccc(-n2nc(-c3ccccc3O)nc2-c2ccccc2O)cc1. The first kappa shape index (κ1) is 40.7. The van der Waals surface area contributed by atoms with Gasteiger partial charge in [0.05, 0.1) is 28.5 Å². The molecule has 1 heterocycles. The Morgan fingerprint density at radius 2 is 1.59 bits per heavy atom. The van der Waals surface area contributed by atoms with Gasteiger partial charge >= 0.3 is 5.97 Å². The second-order valence-corrected chi connectivity index (χ2v) is 16.9. The van der Waals surface area contributed by atoms with E-state index in [1.807, 2.05) is 0 Å². The molecular formula is C48H59N3O5. The number of nitrogens with zero attached hydrogens (tertiary/aromatic N) is 3. The number of benzene rings is 3. The number of phenolic OH excluding ortho intramolecular Hbond substituents is 2. The average molecular weight is 758 g/mol. The van der Waals surface area contributed by atoms with Crippen LogP contribution >= 0.6 is 0 Å². The fraction of sp³-hybridized carbons (Fsp3) is 0.438. The van der Waals surface area contributed by atoms with Gasteiger partial charge in [0.25, 0.3) is 0 Å². The minimum absolute atomic E-state index is 0.0298. The third-order valence-corrected chi connectivity index (χ3v) is 12.6. The maximum Gasteiger partial charge on any atom is 0.335 e. The van der Waals surface area contributed by atoms with E-state index in [0.29, 0.717) is 28.1 Å². The molecule has 0 amide bonds. The van der Waals surface area contributed by atoms with Crippen LogP contribution in [0.15, 0.2) is 108 Å². The van der Waals surface area contributed by atoms with Crippen molar-refractivity contribution < 1.29 is 25.2 Å². The van der Waals surface area contributed by atoms with Crippen LogP contribution in [0.5, 0.6) is 11.5 Å². The van der Waals surface area contributed by atoms with Crippen LogP contribution in [0.3, 0.4) is 0 Å². The summed E-state index contributed by atoms with van der Waals surface area (Å²) in [5.41, 5.74) is 6.33. The number of carboxylic acid groups (broad SMARTS) is 1. The van der Waals surface area contributed by atoms with Crippen molar-refractivity contribution in [3.8, 4) is 40.0 Å². The highest BCUT2D eigenvalue weighted by atomic mass is 16.4. The number of allylic oxidation sites excluding steroid dienone is 4. The van der Waals surface area contributed by atoms with E-state index >= 15 is 0 Å². The first-order valence-corrected chi connectivity index (χ1v) is 20.5. The third-order valence-electron chi connectivity index (χ3n) is 12.6. The first-order chi connectivity index (χ1) is 26.9. The second-order valence-electron chi connectivity index (χ2n) is 16.9. The average Bonchev–Trinajstić information content (AvgIpc) is 3.77. The van der Waals surface area contributed by atoms with Gasteiger partial charge in [0.1, 0.15) is 11.5 Å². The summed E-state index contributed by atoms with van der Waals surface area (Å²) < 4.78 is 1.50. The Labute approximate surface area is 332 Å². The zero-order valence-corrected chi connectivity index (χ0v) is 33.5. The lowest BCUT2D eigenvalue weighted by Gasteiger charge is -2.44. The fourth-order valence-electron chi connectivity index (χ4n) is 9.51. The number of rotatable bonds is 10. The highest BCUT2D eigenvalue weighted by Crippen LogP contribution is 2.60. The van der Waals surface area contributed by atoms with Crippen molar-refractivity contribution >= 4 is 5.97 Å². The van der Waals surface area contributed by atoms with E-state index in [-0.39, 0.29) is 29.0 Å². The summed E-state index contributed by atoms with van der Waals surface area (Å²) in [7, 11) is 0. The monoisotopic (exact) mass is 757 g/mol. The molecule has 8 nitrogen and oxygen atoms in total. The molecule has 296 valence electrons. The Morgan fingerprint density at radius 1 is 0.911 bits per heavy atom. The number of hydrogen-bond donors (Lipinski definition) is 4. The van der Waals surface area contributed by atoms with Crippen molar-refractivity contribution in [2.45, 2.75) is 104 Å². The van der Waals surface area contributed by atoms with Crippen molar-refractivity contribution in [1.29, 1.82) is 0 Å². The van der Waals surface area contributed by atoms with Crippen molar-refractivity contribution in [2.75, 3.05) is 0 Å². The molecule has 4 N–H and O–H groups in total. The summed E-state index contributed by atoms with van der Waals surface area (Å²) in [5.74, 6) is 3.04. The van der Waals surface area contributed by atoms with Crippen LogP contribution in [0.4, 0.5) is 0 Å². The molecule has 0 saturated heterocycles. The molecule has 5 atom stereocenters. The molecule has 0 radical (unpaired) electrons. The van der Waals surface area contributed by atoms with Crippen molar-refractivity contribution in [3.05, 3.63) is 114 Å². The van der Waals surface area contributed by atoms with E-state index in [2.05, 4.69) is 56.5 Å². The smallest absolute Gasteiger partial charge is 0.335 e. The normalized spacial score (nSPS) is 24.2. The molecule has 1 aromatic heterocycles. The largest absolute Gasteiger partial charge is 0.507 e. The van der Waals surface area contributed by atoms with Crippen LogP contribution < -0.4 is 0 Å². The van der Waals surface area contributed by atoms with Gasteiger partial charge < -0.3 is 20.4 Å². The van der Waals surface area contributed by atoms with Crippen LogP contribution in [0.1, 0.15) is 109 Å². The van der Waals surface area contributed by atoms with Crippen molar-refractivity contribution in [3.63, 3.8) is 0 Å². The third kappa shape index (κ3) is 9.18. The maximum absolute atomic E-state index is 11.1. The standard InChI is InChI=1S/C27H44O.C21H15N3O4/c1-19(2)8-6-9-21(4)25-15-16-26-22(10-7-17-27(25,26)5)12-13-23-18-24(28)14-11-20(23)3;25-17-7-3-1-5-15(17)19-22-20(16-6-2-4-8-18(16)26)24(23-19)14-11-9-13(10-12-14)21(27)28/h12-13,19,21,24-26,28H,3,6-11,14-18H2,1-2,4-5H3;1-12,25-26H,(H,27,28)/b22-12+,23-13-;/t21-,24+,25-,26+,27-;/m1./s1. The molecule has 4 aromatic rings. The lowest BCUT2D eigenvalue weighted by molar-refractivity contribution is 0.0696. The zero-order chi connectivity index (χ0) is 40.0. The number of para-hydroxylation sites is 2. The van der Waals surface area contributed by atoms with E-state index in [0.717, 1.165) is 42.9 Å². The number of aliphatic hydroxyl groups excluding tert-OH is 1. The molecule has 3 aromatic carbocycles. The predicted molar refractivity (Wildman–Crippen MR) is 224 cm³/mol. The Bertz CT molecular complexity index is 2060. The summed E-state index contributed by atoms with van der Waals surface area (Å²) in [4.78, 5) is 15.6. The topological polar surface area (TPSA) is 129 Å². The van der Waals surface area contributed by atoms with E-state index in [1.54, 1.807) is 60.2 Å². The van der Waals surface area contributed by atoms with Gasteiger partial charge in [-0.25, -0.2) is 14.5 Å². The Balaban J connectivity index is 0.000000190. The highest BCUT2D eigenvalue weighted by molar-refractivity contribution is 5.87. The van der Waals surface area contributed by atoms with Gasteiger partial charge in [-0.05, 0) is 135 Å². The van der Waals surface area contributed by atoms with Gasteiger partial charge in [-0.3, -0.25) is 0 Å². The summed E-state index contributed by atoms with van der Waals surface area (Å²) in [6.07, 6.45) is 18.2. The summed E-state index contributed by atoms with van der Waals surface area (Å²) >= 11 is 0. The quantitative estimate of drug-likeness (QED) is 0.127. The zero-order valence-electron chi connectivity index (χ0n) is 33.5. The molecular weight excluding hydrogens is 699 g/mol. The van der Waals surface area contributed by atoms with E-state index in [4.69, 9.17) is 5.11 Å². The van der Waals surface area contributed by atoms with E-state index in [9.17, 15) is 20.1 Å². The van der Waals surface area contributed by atoms with Crippen molar-refractivity contribution in [1.82, 2.24) is 14.8 Å². The minimum atomic E-state index is -1.03. The maximum atomic E-state index is 11.1. The number of aromatic hydroxyl groups is 2. The second kappa shape index (κ2) is 17.9. The number of carbonyl (C=O) groups is 1. The number of aromatic carboxylic acids is 1. The molecule has 3 aliphatic rings. The van der Waals surface area contributed by atoms with Crippen LogP contribution in [-0.2, 0) is 0 Å². The van der Waals surface area contributed by atoms with E-state index < -0.39 is 5.97 Å². The molecule has 0 aliphatic heterocycles. The number of hydrogen-bond acceptors (Lipinski definition) is 6. The number of aliphatic hydroxyl groups is 1. The van der Waals surface area contributed by atoms with Gasteiger partial charge in [0.2, 0.25) is 0 Å². The molecule has 56 heavy (non-hydrogen) atoms. The molecule has 0 bridgehead atoms. The number of aromatic nitrogens is 3. The van der Waals surface area contributed by atoms with E-state index in [1.165, 1.54) is 85.4 Å². The fourth-order valence-corrected chi connectivity index (χ4v) is 9.51. The molecule has 0 spiro atoms. The molecule has 3 saturated carbocycles. The lowest BCUT2D eigenvalue weighted by atomic mass is 9.60. The van der Waals surface area contributed by atoms with Crippen LogP contribution in [-0.4, -0.2) is 47.3 Å². The molecule has 7 rings (SSSR count). The van der Waals surface area contributed by atoms with Crippen LogP contribution in [0.2, 0.25) is 0 Å². The van der Waals surface area contributed by atoms with Gasteiger partial charge in [-0.1, -0.05) is 101 Å². The number of phenols is 2. The Morgan fingerprint density at radius 3 is 2.25 bits per heavy atom. The van der Waals surface area contributed by atoms with Crippen LogP contribution in [0, 0.1) is 29.1 Å². The van der Waals surface area contributed by atoms with Gasteiger partial charge in [-0.15, -0.1) is 5.10 Å². The van der Waals surface area contributed by atoms with Crippen LogP contribution in [0.25, 0.3) is 28.5 Å². The molecule has 3 aliphatic carbocycles. The Kier molecular flexibility index (Phi) is 13.0. The molecule has 3 fully saturated rings. The summed E-state index contributed by atoms with van der Waals surface area (Å²) in [5, 5.41) is 44.0. The van der Waals surface area contributed by atoms with Gasteiger partial charge in [-0.2, -0.15) is 0 Å². The predicted octanol–water partition coefficient (Wildman–Crippen LogP) is 11.3.